The van der Waals surface area contributed by atoms with Crippen LogP contribution in [-0.2, 0) is 22.4 Å². The molecule has 2 N–H and O–H groups in total. The third-order valence-electron chi connectivity index (χ3n) is 5.08. The molecular weight excluding hydrogens is 368 g/mol. The van der Waals surface area contributed by atoms with Crippen molar-refractivity contribution in [3.63, 3.8) is 0 Å². The number of carbonyl (C=O) groups is 2. The van der Waals surface area contributed by atoms with Gasteiger partial charge >= 0.3 is 6.16 Å². The zero-order chi connectivity index (χ0) is 21.0. The molecule has 29 heavy (non-hydrogen) atoms. The maximum absolute atomic E-state index is 13.0. The van der Waals surface area contributed by atoms with E-state index in [1.54, 1.807) is 17.0 Å². The van der Waals surface area contributed by atoms with E-state index in [1.165, 1.54) is 11.6 Å². The van der Waals surface area contributed by atoms with Crippen LogP contribution in [0.25, 0.3) is 0 Å². The average Bonchev–Trinajstić information content (AvgIpc) is 3.12. The van der Waals surface area contributed by atoms with Crippen molar-refractivity contribution >= 4 is 17.7 Å². The van der Waals surface area contributed by atoms with E-state index in [-0.39, 0.29) is 12.5 Å². The summed E-state index contributed by atoms with van der Waals surface area (Å²) >= 11 is 0. The molecule has 6 heteroatoms. The Morgan fingerprint density at radius 3 is 2.62 bits per heavy atom. The molecule has 0 aliphatic carbocycles. The lowest BCUT2D eigenvalue weighted by Gasteiger charge is -2.23. The number of hydrogen-bond acceptors (Lipinski definition) is 5. The van der Waals surface area contributed by atoms with Crippen LogP contribution in [0.1, 0.15) is 22.3 Å². The van der Waals surface area contributed by atoms with E-state index in [2.05, 4.69) is 6.58 Å². The number of fused-ring (bicyclic) bond motifs is 1. The number of rotatable bonds is 6. The van der Waals surface area contributed by atoms with E-state index in [9.17, 15) is 9.59 Å². The highest BCUT2D eigenvalue weighted by Crippen LogP contribution is 2.29. The van der Waals surface area contributed by atoms with Crippen LogP contribution in [-0.4, -0.2) is 31.3 Å². The van der Waals surface area contributed by atoms with Gasteiger partial charge in [-0.2, -0.15) is 0 Å². The van der Waals surface area contributed by atoms with Gasteiger partial charge in [0.25, 0.3) is 0 Å². The number of nitrogens with two attached hydrogens (primary N) is 1. The normalized spacial score (nSPS) is 13.6. The van der Waals surface area contributed by atoms with Gasteiger partial charge in [-0.3, -0.25) is 4.79 Å². The van der Waals surface area contributed by atoms with E-state index < -0.39 is 12.2 Å². The van der Waals surface area contributed by atoms with E-state index in [1.807, 2.05) is 38.1 Å². The highest BCUT2D eigenvalue weighted by molar-refractivity contribution is 5.99. The number of ether oxygens (including phenoxy) is 2. The summed E-state index contributed by atoms with van der Waals surface area (Å²) in [6.45, 7) is 8.05. The van der Waals surface area contributed by atoms with Gasteiger partial charge in [0, 0.05) is 12.2 Å². The molecule has 0 bridgehead atoms. The first-order chi connectivity index (χ1) is 13.9. The Morgan fingerprint density at radius 1 is 1.24 bits per heavy atom. The van der Waals surface area contributed by atoms with Crippen molar-refractivity contribution in [1.82, 2.24) is 0 Å². The minimum absolute atomic E-state index is 0.0814. The summed E-state index contributed by atoms with van der Waals surface area (Å²) < 4.78 is 10.0. The van der Waals surface area contributed by atoms with Crippen LogP contribution in [0, 0.1) is 13.8 Å². The topological polar surface area (TPSA) is 81.9 Å². The largest absolute Gasteiger partial charge is 0.514 e. The quantitative estimate of drug-likeness (QED) is 0.461. The first-order valence-electron chi connectivity index (χ1n) is 9.61. The van der Waals surface area contributed by atoms with Crippen LogP contribution >= 0.6 is 0 Å². The molecular formula is C23H26N2O4. The van der Waals surface area contributed by atoms with Crippen LogP contribution in [0.2, 0.25) is 0 Å². The molecule has 152 valence electrons. The summed E-state index contributed by atoms with van der Waals surface area (Å²) in [5, 5.41) is 0. The highest BCUT2D eigenvalue weighted by Gasteiger charge is 2.28. The van der Waals surface area contributed by atoms with Gasteiger partial charge in [-0.05, 0) is 67.1 Å². The summed E-state index contributed by atoms with van der Waals surface area (Å²) in [5.74, 6) is 0.313. The fraction of sp³-hybridized carbons (Fsp3) is 0.304. The second-order valence-corrected chi connectivity index (χ2v) is 7.17. The maximum Gasteiger partial charge on any atom is 0.514 e. The zero-order valence-electron chi connectivity index (χ0n) is 16.8. The summed E-state index contributed by atoms with van der Waals surface area (Å²) in [7, 11) is 0. The first kappa shape index (κ1) is 20.6. The number of aryl methyl sites for hydroxylation is 2. The van der Waals surface area contributed by atoms with Crippen LogP contribution in [0.5, 0.6) is 5.75 Å². The van der Waals surface area contributed by atoms with Gasteiger partial charge in [0.1, 0.15) is 12.4 Å². The van der Waals surface area contributed by atoms with Crippen molar-refractivity contribution in [2.75, 3.05) is 18.1 Å². The predicted octanol–water partition coefficient (Wildman–Crippen LogP) is 3.46. The van der Waals surface area contributed by atoms with Gasteiger partial charge < -0.3 is 20.1 Å². The smallest absolute Gasteiger partial charge is 0.430 e. The van der Waals surface area contributed by atoms with Crippen LogP contribution in [0.15, 0.2) is 49.1 Å². The van der Waals surface area contributed by atoms with Crippen molar-refractivity contribution in [3.8, 4) is 5.75 Å². The molecule has 1 atom stereocenters. The van der Waals surface area contributed by atoms with Crippen molar-refractivity contribution in [1.29, 1.82) is 0 Å². The molecule has 1 amide bonds. The number of anilines is 1. The molecule has 0 radical (unpaired) electrons. The van der Waals surface area contributed by atoms with E-state index in [4.69, 9.17) is 15.2 Å². The van der Waals surface area contributed by atoms with E-state index in [0.717, 1.165) is 28.8 Å². The zero-order valence-corrected chi connectivity index (χ0v) is 16.8. The third-order valence-corrected chi connectivity index (χ3v) is 5.08. The lowest BCUT2D eigenvalue weighted by atomic mass is 9.95. The van der Waals surface area contributed by atoms with E-state index in [0.29, 0.717) is 18.7 Å². The molecule has 1 aliphatic heterocycles. The average molecular weight is 394 g/mol. The molecule has 1 aliphatic rings. The number of carbonyl (C=O) groups excluding carboxylic acids is 2. The minimum atomic E-state index is -0.781. The Balaban J connectivity index is 1.70. The Labute approximate surface area is 170 Å². The van der Waals surface area contributed by atoms with E-state index >= 15 is 0 Å². The lowest BCUT2D eigenvalue weighted by Crippen LogP contribution is -2.44. The molecule has 0 unspecified atom stereocenters. The second kappa shape index (κ2) is 8.92. The Morgan fingerprint density at radius 2 is 1.93 bits per heavy atom. The van der Waals surface area contributed by atoms with Gasteiger partial charge in [0.15, 0.2) is 0 Å². The highest BCUT2D eigenvalue weighted by atomic mass is 16.7. The van der Waals surface area contributed by atoms with Gasteiger partial charge in [-0.25, -0.2) is 4.79 Å². The Hall–Kier alpha value is -3.12. The number of hydrogen-bond donors (Lipinski definition) is 1. The SMILES string of the molecule is C=CCOC(=O)Oc1cc(C)c(C[C@H](N)C(=O)N2CCc3ccccc32)c(C)c1. The number of para-hydroxylation sites is 1. The molecule has 2 aromatic carbocycles. The van der Waals surface area contributed by atoms with Crippen LogP contribution < -0.4 is 15.4 Å². The van der Waals surface area contributed by atoms with Gasteiger partial charge in [-0.15, -0.1) is 0 Å². The fourth-order valence-corrected chi connectivity index (χ4v) is 3.66. The van der Waals surface area contributed by atoms with Crippen LogP contribution in [0.3, 0.4) is 0 Å². The number of nitrogens with zero attached hydrogens (tertiary/aromatic N) is 1. The first-order valence-corrected chi connectivity index (χ1v) is 9.61. The molecule has 3 rings (SSSR count). The molecule has 0 saturated carbocycles. The van der Waals surface area contributed by atoms with Crippen molar-refractivity contribution in [2.45, 2.75) is 32.7 Å². The van der Waals surface area contributed by atoms with Crippen molar-refractivity contribution < 1.29 is 19.1 Å². The number of amides is 1. The standard InChI is InChI=1S/C23H26N2O4/c1-4-11-28-23(27)29-18-12-15(2)19(16(3)13-18)14-20(24)22(26)25-10-9-17-7-5-6-8-21(17)25/h4-8,12-13,20H,1,9-11,14,24H2,2-3H3/t20-/m0/s1. The van der Waals surface area contributed by atoms with Gasteiger partial charge in [0.2, 0.25) is 5.91 Å². The number of benzene rings is 2. The second-order valence-electron chi connectivity index (χ2n) is 7.17. The maximum atomic E-state index is 13.0. The van der Waals surface area contributed by atoms with Gasteiger partial charge in [-0.1, -0.05) is 30.9 Å². The molecule has 2 aromatic rings. The Kier molecular flexibility index (Phi) is 6.34. The fourth-order valence-electron chi connectivity index (χ4n) is 3.66. The molecule has 6 nitrogen and oxygen atoms in total. The summed E-state index contributed by atoms with van der Waals surface area (Å²) in [6.07, 6.45) is 1.95. The predicted molar refractivity (Wildman–Crippen MR) is 112 cm³/mol. The van der Waals surface area contributed by atoms with Crippen molar-refractivity contribution in [3.05, 3.63) is 71.3 Å². The molecule has 0 aromatic heterocycles. The molecule has 0 fully saturated rings. The molecule has 1 heterocycles. The van der Waals surface area contributed by atoms with Gasteiger partial charge in [0.05, 0.1) is 6.04 Å². The molecule has 0 spiro atoms. The summed E-state index contributed by atoms with van der Waals surface area (Å²) in [4.78, 5) is 26.4. The Bertz CT molecular complexity index is 915. The lowest BCUT2D eigenvalue weighted by molar-refractivity contribution is -0.119. The minimum Gasteiger partial charge on any atom is -0.430 e. The summed E-state index contributed by atoms with van der Waals surface area (Å²) in [5.41, 5.74) is 11.2. The van der Waals surface area contributed by atoms with Crippen LogP contribution in [0.4, 0.5) is 10.5 Å². The van der Waals surface area contributed by atoms with Crippen molar-refractivity contribution in [2.24, 2.45) is 5.73 Å². The third kappa shape index (κ3) is 4.66. The monoisotopic (exact) mass is 394 g/mol. The molecule has 0 saturated heterocycles. The summed E-state index contributed by atoms with van der Waals surface area (Å²) in [6, 6.07) is 10.8.